The molecule has 0 fully saturated rings. The molecule has 1 atom stereocenters. The Balaban J connectivity index is 2.41. The van der Waals surface area contributed by atoms with Crippen LogP contribution in [0.3, 0.4) is 0 Å². The van der Waals surface area contributed by atoms with E-state index in [1.54, 1.807) is 0 Å². The highest BCUT2D eigenvalue weighted by Crippen LogP contribution is 2.27. The third-order valence-electron chi connectivity index (χ3n) is 2.76. The molecule has 0 amide bonds. The second kappa shape index (κ2) is 4.47. The summed E-state index contributed by atoms with van der Waals surface area (Å²) in [5, 5.41) is 19.3. The van der Waals surface area contributed by atoms with Crippen molar-refractivity contribution >= 4 is 10.9 Å². The van der Waals surface area contributed by atoms with Crippen LogP contribution in [-0.4, -0.2) is 28.4 Å². The van der Waals surface area contributed by atoms with Crippen molar-refractivity contribution in [3.05, 3.63) is 36.0 Å². The van der Waals surface area contributed by atoms with Crippen molar-refractivity contribution in [2.24, 2.45) is 0 Å². The van der Waals surface area contributed by atoms with Gasteiger partial charge in [0.15, 0.2) is 0 Å². The fourth-order valence-corrected chi connectivity index (χ4v) is 1.93. The summed E-state index contributed by atoms with van der Waals surface area (Å²) < 4.78 is 0. The molecule has 3 heteroatoms. The van der Waals surface area contributed by atoms with E-state index in [-0.39, 0.29) is 19.1 Å². The van der Waals surface area contributed by atoms with E-state index in [0.29, 0.717) is 6.42 Å². The monoisotopic (exact) mass is 205 g/mol. The third-order valence-corrected chi connectivity index (χ3v) is 2.76. The molecule has 0 aliphatic heterocycles. The van der Waals surface area contributed by atoms with Gasteiger partial charge in [0.05, 0.1) is 6.61 Å². The summed E-state index contributed by atoms with van der Waals surface area (Å²) in [6.45, 7) is 0.174. The van der Waals surface area contributed by atoms with Gasteiger partial charge >= 0.3 is 0 Å². The highest BCUT2D eigenvalue weighted by Gasteiger charge is 2.13. The Morgan fingerprint density at radius 1 is 1.20 bits per heavy atom. The van der Waals surface area contributed by atoms with E-state index in [1.807, 2.05) is 30.5 Å². The number of aliphatic hydroxyl groups excluding tert-OH is 2. The van der Waals surface area contributed by atoms with Gasteiger partial charge in [-0.05, 0) is 18.1 Å². The first-order chi connectivity index (χ1) is 7.36. The van der Waals surface area contributed by atoms with Crippen molar-refractivity contribution < 1.29 is 10.2 Å². The molecular formula is C12H15NO2. The fourth-order valence-electron chi connectivity index (χ4n) is 1.93. The first-order valence-electron chi connectivity index (χ1n) is 5.14. The maximum atomic E-state index is 9.26. The molecule has 0 saturated heterocycles. The Bertz CT molecular complexity index is 436. The zero-order chi connectivity index (χ0) is 10.7. The second-order valence-electron chi connectivity index (χ2n) is 3.68. The molecule has 0 radical (unpaired) electrons. The zero-order valence-electron chi connectivity index (χ0n) is 8.48. The maximum absolute atomic E-state index is 9.26. The molecule has 0 aliphatic carbocycles. The molecule has 80 valence electrons. The summed E-state index contributed by atoms with van der Waals surface area (Å²) in [4.78, 5) is 3.17. The number of benzene rings is 1. The van der Waals surface area contributed by atoms with E-state index in [2.05, 4.69) is 4.98 Å². The topological polar surface area (TPSA) is 56.2 Å². The SMILES string of the molecule is OCCC(CO)c1c[nH]c2ccccc12. The van der Waals surface area contributed by atoms with Crippen LogP contribution in [0.5, 0.6) is 0 Å². The third kappa shape index (κ3) is 1.89. The lowest BCUT2D eigenvalue weighted by molar-refractivity contribution is 0.220. The van der Waals surface area contributed by atoms with Crippen LogP contribution in [0.1, 0.15) is 17.9 Å². The minimum Gasteiger partial charge on any atom is -0.396 e. The van der Waals surface area contributed by atoms with Gasteiger partial charge in [-0.2, -0.15) is 0 Å². The molecule has 3 N–H and O–H groups in total. The Labute approximate surface area is 88.4 Å². The number of para-hydroxylation sites is 1. The first-order valence-corrected chi connectivity index (χ1v) is 5.14. The van der Waals surface area contributed by atoms with Crippen LogP contribution in [0.25, 0.3) is 10.9 Å². The first kappa shape index (κ1) is 10.2. The van der Waals surface area contributed by atoms with Crippen LogP contribution >= 0.6 is 0 Å². The van der Waals surface area contributed by atoms with Crippen LogP contribution in [-0.2, 0) is 0 Å². The molecule has 15 heavy (non-hydrogen) atoms. The summed E-state index contributed by atoms with van der Waals surface area (Å²) in [6, 6.07) is 7.99. The lowest BCUT2D eigenvalue weighted by Crippen LogP contribution is -2.05. The molecule has 1 unspecified atom stereocenters. The summed E-state index contributed by atoms with van der Waals surface area (Å²) in [5.41, 5.74) is 2.16. The van der Waals surface area contributed by atoms with Crippen molar-refractivity contribution in [2.75, 3.05) is 13.2 Å². The molecule has 1 aromatic heterocycles. The van der Waals surface area contributed by atoms with Gasteiger partial charge in [0.1, 0.15) is 0 Å². The van der Waals surface area contributed by atoms with Crippen molar-refractivity contribution in [1.82, 2.24) is 4.98 Å². The largest absolute Gasteiger partial charge is 0.396 e. The molecule has 0 saturated carbocycles. The lowest BCUT2D eigenvalue weighted by Gasteiger charge is -2.11. The number of hydrogen-bond donors (Lipinski definition) is 3. The highest BCUT2D eigenvalue weighted by atomic mass is 16.3. The molecule has 2 rings (SSSR count). The number of aromatic amines is 1. The van der Waals surface area contributed by atoms with Gasteiger partial charge in [-0.25, -0.2) is 0 Å². The minimum absolute atomic E-state index is 0.0196. The van der Waals surface area contributed by atoms with E-state index < -0.39 is 0 Å². The number of nitrogens with one attached hydrogen (secondary N) is 1. The van der Waals surface area contributed by atoms with Crippen LogP contribution in [0.15, 0.2) is 30.5 Å². The quantitative estimate of drug-likeness (QED) is 0.710. The fraction of sp³-hybridized carbons (Fsp3) is 0.333. The van der Waals surface area contributed by atoms with E-state index in [4.69, 9.17) is 5.11 Å². The number of aromatic nitrogens is 1. The number of aliphatic hydroxyl groups is 2. The Morgan fingerprint density at radius 3 is 2.73 bits per heavy atom. The van der Waals surface area contributed by atoms with Crippen LogP contribution in [0.2, 0.25) is 0 Å². The Morgan fingerprint density at radius 2 is 2.00 bits per heavy atom. The van der Waals surface area contributed by atoms with Crippen molar-refractivity contribution in [3.63, 3.8) is 0 Å². The molecule has 1 heterocycles. The molecule has 1 aromatic carbocycles. The van der Waals surface area contributed by atoms with Crippen LogP contribution in [0.4, 0.5) is 0 Å². The average molecular weight is 205 g/mol. The van der Waals surface area contributed by atoms with Gasteiger partial charge in [-0.15, -0.1) is 0 Å². The maximum Gasteiger partial charge on any atom is 0.0501 e. The van der Waals surface area contributed by atoms with Gasteiger partial charge in [-0.1, -0.05) is 18.2 Å². The van der Waals surface area contributed by atoms with Crippen LogP contribution < -0.4 is 0 Å². The summed E-state index contributed by atoms with van der Waals surface area (Å²) in [5.74, 6) is 0.0196. The van der Waals surface area contributed by atoms with E-state index in [0.717, 1.165) is 16.5 Å². The standard InChI is InChI=1S/C12H15NO2/c14-6-5-9(8-15)11-7-13-12-4-2-1-3-10(11)12/h1-4,7,9,13-15H,5-6,8H2. The number of fused-ring (bicyclic) bond motifs is 1. The molecule has 3 nitrogen and oxygen atoms in total. The van der Waals surface area contributed by atoms with Crippen molar-refractivity contribution in [1.29, 1.82) is 0 Å². The molecule has 0 spiro atoms. The highest BCUT2D eigenvalue weighted by molar-refractivity contribution is 5.83. The Kier molecular flexibility index (Phi) is 3.04. The summed E-state index contributed by atoms with van der Waals surface area (Å²) in [7, 11) is 0. The summed E-state index contributed by atoms with van der Waals surface area (Å²) in [6.07, 6.45) is 2.51. The van der Waals surface area contributed by atoms with E-state index >= 15 is 0 Å². The molecule has 0 aliphatic rings. The molecule has 0 bridgehead atoms. The molecule has 2 aromatic rings. The normalized spacial score (nSPS) is 13.2. The van der Waals surface area contributed by atoms with Gasteiger partial charge < -0.3 is 15.2 Å². The smallest absolute Gasteiger partial charge is 0.0501 e. The lowest BCUT2D eigenvalue weighted by atomic mass is 9.96. The zero-order valence-corrected chi connectivity index (χ0v) is 8.48. The van der Waals surface area contributed by atoms with Crippen molar-refractivity contribution in [2.45, 2.75) is 12.3 Å². The van der Waals surface area contributed by atoms with Crippen molar-refractivity contribution in [3.8, 4) is 0 Å². The predicted octanol–water partition coefficient (Wildman–Crippen LogP) is 1.63. The van der Waals surface area contributed by atoms with E-state index in [9.17, 15) is 5.11 Å². The predicted molar refractivity (Wildman–Crippen MR) is 59.8 cm³/mol. The van der Waals surface area contributed by atoms with Crippen LogP contribution in [0, 0.1) is 0 Å². The second-order valence-corrected chi connectivity index (χ2v) is 3.68. The average Bonchev–Trinajstić information content (AvgIpc) is 2.70. The van der Waals surface area contributed by atoms with E-state index in [1.165, 1.54) is 0 Å². The van der Waals surface area contributed by atoms with Gasteiger partial charge in [0.2, 0.25) is 0 Å². The molecular weight excluding hydrogens is 190 g/mol. The number of rotatable bonds is 4. The Hall–Kier alpha value is -1.32. The summed E-state index contributed by atoms with van der Waals surface area (Å²) >= 11 is 0. The van der Waals surface area contributed by atoms with Gasteiger partial charge in [-0.3, -0.25) is 0 Å². The minimum atomic E-state index is 0.0196. The van der Waals surface area contributed by atoms with Gasteiger partial charge in [0.25, 0.3) is 0 Å². The number of hydrogen-bond acceptors (Lipinski definition) is 2. The number of H-pyrrole nitrogens is 1. The van der Waals surface area contributed by atoms with Gasteiger partial charge in [0, 0.05) is 29.6 Å².